The summed E-state index contributed by atoms with van der Waals surface area (Å²) in [7, 11) is 0. The van der Waals surface area contributed by atoms with E-state index in [2.05, 4.69) is 18.3 Å². The van der Waals surface area contributed by atoms with Gasteiger partial charge >= 0.3 is 6.03 Å². The van der Waals surface area contributed by atoms with Gasteiger partial charge in [-0.15, -0.1) is 0 Å². The topological polar surface area (TPSA) is 52.6 Å². The molecule has 114 valence electrons. The van der Waals surface area contributed by atoms with Crippen LogP contribution < -0.4 is 10.2 Å². The Morgan fingerprint density at radius 3 is 2.91 bits per heavy atom. The molecule has 22 heavy (non-hydrogen) atoms. The van der Waals surface area contributed by atoms with Crippen LogP contribution in [0, 0.1) is 0 Å². The molecule has 1 atom stereocenters. The first-order valence-electron chi connectivity index (χ1n) is 7.58. The van der Waals surface area contributed by atoms with E-state index < -0.39 is 0 Å². The van der Waals surface area contributed by atoms with Gasteiger partial charge in [-0.3, -0.25) is 4.90 Å². The summed E-state index contributed by atoms with van der Waals surface area (Å²) in [6, 6.07) is 15.3. The quantitative estimate of drug-likeness (QED) is 0.914. The number of urea groups is 1. The van der Waals surface area contributed by atoms with Crippen LogP contribution in [-0.2, 0) is 12.8 Å². The van der Waals surface area contributed by atoms with Crippen LogP contribution in [0.2, 0.25) is 0 Å². The smallest absolute Gasteiger partial charge is 0.322 e. The molecule has 0 spiro atoms. The third-order valence-electron chi connectivity index (χ3n) is 4.03. The highest BCUT2D eigenvalue weighted by Crippen LogP contribution is 2.31. The van der Waals surface area contributed by atoms with E-state index in [0.29, 0.717) is 13.0 Å². The fourth-order valence-corrected chi connectivity index (χ4v) is 2.99. The van der Waals surface area contributed by atoms with E-state index in [1.807, 2.05) is 35.2 Å². The van der Waals surface area contributed by atoms with Gasteiger partial charge in [0.1, 0.15) is 5.75 Å². The van der Waals surface area contributed by atoms with E-state index in [-0.39, 0.29) is 17.8 Å². The molecule has 0 radical (unpaired) electrons. The van der Waals surface area contributed by atoms with Gasteiger partial charge in [0.15, 0.2) is 0 Å². The number of aromatic hydroxyl groups is 1. The molecule has 4 nitrogen and oxygen atoms in total. The van der Waals surface area contributed by atoms with Crippen LogP contribution in [0.15, 0.2) is 48.5 Å². The lowest BCUT2D eigenvalue weighted by atomic mass is 10.1. The molecule has 0 fully saturated rings. The largest absolute Gasteiger partial charge is 0.508 e. The number of hydrogen-bond donors (Lipinski definition) is 2. The van der Waals surface area contributed by atoms with E-state index in [1.165, 1.54) is 5.56 Å². The molecule has 2 aromatic carbocycles. The minimum atomic E-state index is -0.0578. The number of rotatable bonds is 3. The third kappa shape index (κ3) is 2.91. The van der Waals surface area contributed by atoms with Crippen LogP contribution in [0.25, 0.3) is 0 Å². The monoisotopic (exact) mass is 296 g/mol. The molecule has 0 aromatic heterocycles. The summed E-state index contributed by atoms with van der Waals surface area (Å²) in [5.41, 5.74) is 3.23. The van der Waals surface area contributed by atoms with E-state index in [1.54, 1.807) is 12.1 Å². The van der Waals surface area contributed by atoms with Crippen LogP contribution in [0.5, 0.6) is 5.75 Å². The Morgan fingerprint density at radius 2 is 2.09 bits per heavy atom. The first-order chi connectivity index (χ1) is 10.6. The number of para-hydroxylation sites is 1. The van der Waals surface area contributed by atoms with Crippen molar-refractivity contribution in [1.82, 2.24) is 5.32 Å². The summed E-state index contributed by atoms with van der Waals surface area (Å²) < 4.78 is 0. The van der Waals surface area contributed by atoms with Crippen molar-refractivity contribution < 1.29 is 9.90 Å². The molecule has 1 heterocycles. The second kappa shape index (κ2) is 6.10. The molecule has 1 aliphatic rings. The Kier molecular flexibility index (Phi) is 4.00. The molecular formula is C18H20N2O2. The maximum atomic E-state index is 12.4. The molecule has 4 heteroatoms. The van der Waals surface area contributed by atoms with Crippen molar-refractivity contribution in [1.29, 1.82) is 0 Å². The van der Waals surface area contributed by atoms with E-state index in [0.717, 1.165) is 17.7 Å². The SMILES string of the molecule is CC1Cc2ccccc2N1C(=O)NCCc1cccc(O)c1. The summed E-state index contributed by atoms with van der Waals surface area (Å²) in [6.45, 7) is 2.61. The first-order valence-corrected chi connectivity index (χ1v) is 7.58. The zero-order valence-electron chi connectivity index (χ0n) is 12.6. The maximum absolute atomic E-state index is 12.4. The van der Waals surface area contributed by atoms with Gasteiger partial charge in [0, 0.05) is 18.3 Å². The molecule has 0 bridgehead atoms. The minimum Gasteiger partial charge on any atom is -0.508 e. The van der Waals surface area contributed by atoms with E-state index in [9.17, 15) is 9.90 Å². The average molecular weight is 296 g/mol. The van der Waals surface area contributed by atoms with Gasteiger partial charge in [-0.25, -0.2) is 4.79 Å². The lowest BCUT2D eigenvalue weighted by Gasteiger charge is -2.23. The molecule has 0 saturated heterocycles. The standard InChI is InChI=1S/C18H20N2O2/c1-13-11-15-6-2-3-8-17(15)20(13)18(22)19-10-9-14-5-4-7-16(21)12-14/h2-8,12-13,21H,9-11H2,1H3,(H,19,22). The van der Waals surface area contributed by atoms with Gasteiger partial charge < -0.3 is 10.4 Å². The summed E-state index contributed by atoms with van der Waals surface area (Å²) >= 11 is 0. The van der Waals surface area contributed by atoms with Crippen molar-refractivity contribution in [2.75, 3.05) is 11.4 Å². The maximum Gasteiger partial charge on any atom is 0.322 e. The van der Waals surface area contributed by atoms with Gasteiger partial charge in [0.2, 0.25) is 0 Å². The first kappa shape index (κ1) is 14.4. The van der Waals surface area contributed by atoms with Gasteiger partial charge in [-0.2, -0.15) is 0 Å². The number of carbonyl (C=O) groups is 1. The Hall–Kier alpha value is -2.49. The van der Waals surface area contributed by atoms with Crippen LogP contribution in [0.1, 0.15) is 18.1 Å². The number of nitrogens with one attached hydrogen (secondary N) is 1. The molecule has 2 aromatic rings. The number of fused-ring (bicyclic) bond motifs is 1. The second-order valence-electron chi connectivity index (χ2n) is 5.70. The molecule has 1 unspecified atom stereocenters. The summed E-state index contributed by atoms with van der Waals surface area (Å²) in [6.07, 6.45) is 1.60. The third-order valence-corrected chi connectivity index (χ3v) is 4.03. The molecule has 3 rings (SSSR count). The zero-order chi connectivity index (χ0) is 15.5. The highest BCUT2D eigenvalue weighted by molar-refractivity contribution is 5.94. The van der Waals surface area contributed by atoms with Crippen molar-refractivity contribution in [3.8, 4) is 5.75 Å². The van der Waals surface area contributed by atoms with Gasteiger partial charge in [0.25, 0.3) is 0 Å². The predicted molar refractivity (Wildman–Crippen MR) is 87.3 cm³/mol. The number of hydrogen-bond acceptors (Lipinski definition) is 2. The normalized spacial score (nSPS) is 16.4. The Balaban J connectivity index is 1.61. The number of carbonyl (C=O) groups excluding carboxylic acids is 1. The number of phenols is 1. The fraction of sp³-hybridized carbons (Fsp3) is 0.278. The molecule has 2 amide bonds. The van der Waals surface area contributed by atoms with Gasteiger partial charge in [-0.1, -0.05) is 30.3 Å². The summed E-state index contributed by atoms with van der Waals surface area (Å²) in [5.74, 6) is 0.255. The van der Waals surface area contributed by atoms with Crippen molar-refractivity contribution in [3.05, 3.63) is 59.7 Å². The average Bonchev–Trinajstić information content (AvgIpc) is 2.83. The van der Waals surface area contributed by atoms with E-state index >= 15 is 0 Å². The highest BCUT2D eigenvalue weighted by atomic mass is 16.3. The lowest BCUT2D eigenvalue weighted by Crippen LogP contribution is -2.43. The number of amides is 2. The Labute approximate surface area is 130 Å². The van der Waals surface area contributed by atoms with E-state index in [4.69, 9.17) is 0 Å². The van der Waals surface area contributed by atoms with Gasteiger partial charge in [0.05, 0.1) is 0 Å². The Morgan fingerprint density at radius 1 is 1.27 bits per heavy atom. The summed E-state index contributed by atoms with van der Waals surface area (Å²) in [4.78, 5) is 14.3. The number of phenolic OH excluding ortho intramolecular Hbond substituents is 1. The molecular weight excluding hydrogens is 276 g/mol. The summed E-state index contributed by atoms with van der Waals surface area (Å²) in [5, 5.41) is 12.4. The van der Waals surface area contributed by atoms with Crippen molar-refractivity contribution >= 4 is 11.7 Å². The predicted octanol–water partition coefficient (Wildman–Crippen LogP) is 3.10. The fourth-order valence-electron chi connectivity index (χ4n) is 2.99. The molecule has 0 saturated carbocycles. The minimum absolute atomic E-state index is 0.0578. The molecule has 1 aliphatic heterocycles. The van der Waals surface area contributed by atoms with Crippen molar-refractivity contribution in [2.45, 2.75) is 25.8 Å². The number of benzene rings is 2. The number of anilines is 1. The van der Waals surface area contributed by atoms with Crippen LogP contribution in [0.3, 0.4) is 0 Å². The van der Waals surface area contributed by atoms with Gasteiger partial charge in [-0.05, 0) is 49.1 Å². The van der Waals surface area contributed by atoms with Crippen LogP contribution in [-0.4, -0.2) is 23.7 Å². The second-order valence-corrected chi connectivity index (χ2v) is 5.70. The number of nitrogens with zero attached hydrogens (tertiary/aromatic N) is 1. The zero-order valence-corrected chi connectivity index (χ0v) is 12.6. The van der Waals surface area contributed by atoms with Crippen LogP contribution >= 0.6 is 0 Å². The lowest BCUT2D eigenvalue weighted by molar-refractivity contribution is 0.245. The molecule has 2 N–H and O–H groups in total. The van der Waals surface area contributed by atoms with Crippen LogP contribution in [0.4, 0.5) is 10.5 Å². The highest BCUT2D eigenvalue weighted by Gasteiger charge is 2.30. The molecule has 0 aliphatic carbocycles. The Bertz CT molecular complexity index is 684. The van der Waals surface area contributed by atoms with Crippen molar-refractivity contribution in [2.24, 2.45) is 0 Å². The van der Waals surface area contributed by atoms with Crippen molar-refractivity contribution in [3.63, 3.8) is 0 Å².